The van der Waals surface area contributed by atoms with Crippen LogP contribution >= 0.6 is 11.6 Å². The summed E-state index contributed by atoms with van der Waals surface area (Å²) in [4.78, 5) is 32.6. The number of rotatable bonds is 10. The lowest BCUT2D eigenvalue weighted by molar-refractivity contribution is -0.137. The van der Waals surface area contributed by atoms with Gasteiger partial charge < -0.3 is 14.8 Å². The van der Waals surface area contributed by atoms with Crippen LogP contribution in [0.5, 0.6) is 5.75 Å². The van der Waals surface area contributed by atoms with Gasteiger partial charge in [-0.3, -0.25) is 14.0 Å². The first-order chi connectivity index (χ1) is 27.0. The van der Waals surface area contributed by atoms with E-state index in [9.17, 15) is 40.0 Å². The Morgan fingerprint density at radius 1 is 0.966 bits per heavy atom. The van der Waals surface area contributed by atoms with Crippen molar-refractivity contribution in [2.45, 2.75) is 51.6 Å². The number of aryl methyl sites for hydroxylation is 1. The third kappa shape index (κ3) is 8.87. The van der Waals surface area contributed by atoms with Crippen molar-refractivity contribution in [1.82, 2.24) is 24.6 Å². The third-order valence-corrected chi connectivity index (χ3v) is 10.3. The Morgan fingerprint density at radius 3 is 2.21 bits per heavy atom. The summed E-state index contributed by atoms with van der Waals surface area (Å²) in [5.41, 5.74) is -2.92. The lowest BCUT2D eigenvalue weighted by atomic mass is 10.0. The van der Waals surface area contributed by atoms with Gasteiger partial charge in [-0.25, -0.2) is 31.3 Å². The van der Waals surface area contributed by atoms with Gasteiger partial charge in [0, 0.05) is 19.5 Å². The van der Waals surface area contributed by atoms with Crippen LogP contribution in [-0.4, -0.2) is 52.8 Å². The molecular weight excluding hydrogens is 811 g/mol. The van der Waals surface area contributed by atoms with Crippen molar-refractivity contribution in [2.75, 3.05) is 17.7 Å². The highest BCUT2D eigenvalue weighted by Gasteiger charge is 2.33. The molecule has 0 spiro atoms. The number of sulfonamides is 1. The summed E-state index contributed by atoms with van der Waals surface area (Å²) in [7, 11) is -1.14. The molecule has 0 aliphatic rings. The van der Waals surface area contributed by atoms with Gasteiger partial charge in [0.25, 0.3) is 5.56 Å². The Morgan fingerprint density at radius 2 is 1.62 bits per heavy atom. The molecule has 1 N–H and O–H groups in total. The van der Waals surface area contributed by atoms with E-state index >= 15 is 0 Å². The number of carbonyl (C=O) groups is 1. The number of halogens is 6. The predicted octanol–water partition coefficient (Wildman–Crippen LogP) is 8.01. The highest BCUT2D eigenvalue weighted by molar-refractivity contribution is 7.92. The Labute approximate surface area is 333 Å². The van der Waals surface area contributed by atoms with Crippen LogP contribution in [-0.2, 0) is 40.9 Å². The quantitative estimate of drug-likeness (QED) is 0.137. The number of nitrogens with one attached hydrogen (secondary N) is 1. The molecule has 4 aromatic carbocycles. The molecule has 1 atom stereocenters. The molecule has 19 heteroatoms. The standard InChI is InChI=1S/C39H36ClF5N6O6S/c1-38(2,3)57-37(53)47-30(17-22-15-24(41)19-25(42)16-22)34-46-29-18-23(39(43,44)45)9-12-27(29)36(52)51(34)31-14-13-28(40)32-33(31)49(4)48-35(32)50(58(6,54)55)20-21-7-10-26(56-5)11-8-21/h7-16,18-19,30H,17,20H2,1-6H3,(H,47,53). The Balaban J connectivity index is 1.66. The van der Waals surface area contributed by atoms with Crippen molar-refractivity contribution in [3.05, 3.63) is 122 Å². The van der Waals surface area contributed by atoms with Crippen molar-refractivity contribution in [3.63, 3.8) is 0 Å². The zero-order valence-electron chi connectivity index (χ0n) is 31.8. The fraction of sp³-hybridized carbons (Fsp3) is 0.282. The smallest absolute Gasteiger partial charge is 0.416 e. The van der Waals surface area contributed by atoms with Gasteiger partial charge in [0.15, 0.2) is 5.82 Å². The van der Waals surface area contributed by atoms with Crippen LogP contribution in [0.25, 0.3) is 27.5 Å². The summed E-state index contributed by atoms with van der Waals surface area (Å²) < 4.78 is 112. The fourth-order valence-electron chi connectivity index (χ4n) is 6.41. The maximum atomic E-state index is 14.7. The van der Waals surface area contributed by atoms with Gasteiger partial charge in [-0.15, -0.1) is 0 Å². The molecular formula is C39H36ClF5N6O6S. The van der Waals surface area contributed by atoms with Crippen molar-refractivity contribution >= 4 is 55.3 Å². The van der Waals surface area contributed by atoms with Gasteiger partial charge in [-0.2, -0.15) is 18.3 Å². The number of aromatic nitrogens is 4. The number of hydrogen-bond acceptors (Lipinski definition) is 8. The molecule has 6 aromatic rings. The summed E-state index contributed by atoms with van der Waals surface area (Å²) in [6.45, 7) is 4.52. The normalized spacial score (nSPS) is 12.8. The van der Waals surface area contributed by atoms with E-state index in [0.717, 1.165) is 33.3 Å². The number of methoxy groups -OCH3 is 1. The summed E-state index contributed by atoms with van der Waals surface area (Å²) in [6.07, 6.45) is -5.35. The lowest BCUT2D eigenvalue weighted by Crippen LogP contribution is -2.39. The first kappa shape index (κ1) is 41.9. The maximum Gasteiger partial charge on any atom is 0.416 e. The molecule has 1 unspecified atom stereocenters. The molecule has 0 fully saturated rings. The van der Waals surface area contributed by atoms with Gasteiger partial charge in [0.2, 0.25) is 10.0 Å². The number of ether oxygens (including phenoxy) is 2. The van der Waals surface area contributed by atoms with Crippen LogP contribution in [0.3, 0.4) is 0 Å². The minimum absolute atomic E-state index is 0.0158. The van der Waals surface area contributed by atoms with Crippen LogP contribution in [0.1, 0.15) is 49.3 Å². The minimum Gasteiger partial charge on any atom is -0.497 e. The molecule has 306 valence electrons. The highest BCUT2D eigenvalue weighted by atomic mass is 35.5. The summed E-state index contributed by atoms with van der Waals surface area (Å²) >= 11 is 6.79. The first-order valence-corrected chi connectivity index (χ1v) is 19.6. The molecule has 0 saturated heterocycles. The van der Waals surface area contributed by atoms with Crippen LogP contribution in [0, 0.1) is 11.6 Å². The highest BCUT2D eigenvalue weighted by Crippen LogP contribution is 2.39. The lowest BCUT2D eigenvalue weighted by Gasteiger charge is -2.26. The van der Waals surface area contributed by atoms with E-state index in [1.165, 1.54) is 31.0 Å². The molecule has 12 nitrogen and oxygen atoms in total. The summed E-state index contributed by atoms with van der Waals surface area (Å²) in [5.74, 6) is -1.89. The predicted molar refractivity (Wildman–Crippen MR) is 208 cm³/mol. The van der Waals surface area contributed by atoms with E-state index in [0.29, 0.717) is 29.5 Å². The van der Waals surface area contributed by atoms with E-state index in [2.05, 4.69) is 15.4 Å². The molecule has 2 aromatic heterocycles. The number of hydrogen-bond donors (Lipinski definition) is 1. The molecule has 0 radical (unpaired) electrons. The number of nitrogens with zero attached hydrogens (tertiary/aromatic N) is 5. The molecule has 6 rings (SSSR count). The number of alkyl halides is 3. The Bertz CT molecular complexity index is 2710. The number of carbonyl (C=O) groups excluding carboxylic acids is 1. The van der Waals surface area contributed by atoms with Gasteiger partial charge in [0.05, 0.1) is 64.0 Å². The Kier molecular flexibility index (Phi) is 11.2. The topological polar surface area (TPSA) is 138 Å². The van der Waals surface area contributed by atoms with Gasteiger partial charge in [-0.05, 0) is 86.5 Å². The zero-order valence-corrected chi connectivity index (χ0v) is 33.4. The van der Waals surface area contributed by atoms with E-state index in [-0.39, 0.29) is 50.7 Å². The van der Waals surface area contributed by atoms with Crippen molar-refractivity contribution in [3.8, 4) is 11.4 Å². The van der Waals surface area contributed by atoms with Crippen LogP contribution in [0.15, 0.2) is 77.6 Å². The second-order valence-electron chi connectivity index (χ2n) is 14.4. The first-order valence-electron chi connectivity index (χ1n) is 17.4. The zero-order chi connectivity index (χ0) is 42.5. The van der Waals surface area contributed by atoms with E-state index in [1.807, 2.05) is 0 Å². The fourth-order valence-corrected chi connectivity index (χ4v) is 7.47. The summed E-state index contributed by atoms with van der Waals surface area (Å²) in [5, 5.41) is 6.93. The monoisotopic (exact) mass is 846 g/mol. The van der Waals surface area contributed by atoms with Gasteiger partial charge in [0.1, 0.15) is 28.8 Å². The molecule has 1 amide bonds. The largest absolute Gasteiger partial charge is 0.497 e. The van der Waals surface area contributed by atoms with Crippen molar-refractivity contribution in [2.24, 2.45) is 7.05 Å². The number of alkyl carbamates (subject to hydrolysis) is 1. The minimum atomic E-state index is -4.83. The maximum absolute atomic E-state index is 14.7. The van der Waals surface area contributed by atoms with Gasteiger partial charge >= 0.3 is 12.3 Å². The molecule has 0 aliphatic carbocycles. The number of benzene rings is 4. The summed E-state index contributed by atoms with van der Waals surface area (Å²) in [6, 6.07) is 12.8. The molecule has 2 heterocycles. The van der Waals surface area contributed by atoms with E-state index < -0.39 is 68.6 Å². The second-order valence-corrected chi connectivity index (χ2v) is 16.7. The van der Waals surface area contributed by atoms with Crippen LogP contribution < -0.4 is 19.9 Å². The number of fused-ring (bicyclic) bond motifs is 2. The molecule has 0 bridgehead atoms. The molecule has 0 aliphatic heterocycles. The molecule has 0 saturated carbocycles. The number of amides is 1. The van der Waals surface area contributed by atoms with Crippen molar-refractivity contribution in [1.29, 1.82) is 0 Å². The third-order valence-electron chi connectivity index (χ3n) is 8.85. The van der Waals surface area contributed by atoms with Crippen LogP contribution in [0.4, 0.5) is 32.6 Å². The van der Waals surface area contributed by atoms with Crippen molar-refractivity contribution < 1.29 is 44.6 Å². The number of anilines is 1. The van der Waals surface area contributed by atoms with E-state index in [4.69, 9.17) is 21.1 Å². The van der Waals surface area contributed by atoms with E-state index in [1.54, 1.807) is 45.0 Å². The molecule has 58 heavy (non-hydrogen) atoms. The Hall–Kier alpha value is -5.75. The van der Waals surface area contributed by atoms with Crippen LogP contribution in [0.2, 0.25) is 5.02 Å². The average Bonchev–Trinajstić information content (AvgIpc) is 3.45. The average molecular weight is 847 g/mol. The SMILES string of the molecule is COc1ccc(CN(c2nn(C)c3c(-n4c(C(Cc5cc(F)cc(F)c5)NC(=O)OC(C)(C)C)nc5cc(C(F)(F)F)ccc5c4=O)ccc(Cl)c23)S(C)(=O)=O)cc1. The van der Waals surface area contributed by atoms with Gasteiger partial charge in [-0.1, -0.05) is 23.7 Å². The second kappa shape index (κ2) is 15.5.